The summed E-state index contributed by atoms with van der Waals surface area (Å²) in [5.41, 5.74) is 11.1. The van der Waals surface area contributed by atoms with Gasteiger partial charge >= 0.3 is 0 Å². The van der Waals surface area contributed by atoms with E-state index >= 15 is 0 Å². The first-order valence-electron chi connectivity index (χ1n) is 18.2. The SMILES string of the molecule is c1ccc(-c2cc(-c3ccccc3)nc(-c3cccc(-c4ccc5c(c4)oc4cccc(-c6nc(-c7ccccc7)nc(-c7ccccc7)n6)c45)c3)n2)cc1. The minimum absolute atomic E-state index is 0.588. The van der Waals surface area contributed by atoms with Gasteiger partial charge in [0.1, 0.15) is 11.2 Å². The van der Waals surface area contributed by atoms with Gasteiger partial charge in [-0.3, -0.25) is 0 Å². The lowest BCUT2D eigenvalue weighted by Gasteiger charge is -2.10. The number of furan rings is 1. The molecule has 3 heterocycles. The molecule has 0 fully saturated rings. The van der Waals surface area contributed by atoms with Gasteiger partial charge < -0.3 is 4.42 Å². The molecule has 0 saturated carbocycles. The molecule has 0 radical (unpaired) electrons. The zero-order valence-corrected chi connectivity index (χ0v) is 29.5. The smallest absolute Gasteiger partial charge is 0.164 e. The standard InChI is InChI=1S/C49H31N5O/c1-5-15-32(16-6-1)41-31-42(33-17-7-2-8-18-33)51-48(50-41)38-24-13-23-36(29-38)37-27-28-39-44(30-37)55-43-26-14-25-40(45(39)43)49-53-46(34-19-9-3-10-20-34)52-47(54-49)35-21-11-4-12-22-35/h1-31H. The van der Waals surface area contributed by atoms with Crippen LogP contribution in [0.5, 0.6) is 0 Å². The van der Waals surface area contributed by atoms with Crippen molar-refractivity contribution in [1.82, 2.24) is 24.9 Å². The van der Waals surface area contributed by atoms with Gasteiger partial charge in [0.25, 0.3) is 0 Å². The summed E-state index contributed by atoms with van der Waals surface area (Å²) in [6.45, 7) is 0. The van der Waals surface area contributed by atoms with Crippen LogP contribution in [0.4, 0.5) is 0 Å². The van der Waals surface area contributed by atoms with Gasteiger partial charge in [-0.2, -0.15) is 0 Å². The molecule has 10 aromatic rings. The number of hydrogen-bond acceptors (Lipinski definition) is 6. The van der Waals surface area contributed by atoms with Crippen LogP contribution in [-0.2, 0) is 0 Å². The van der Waals surface area contributed by atoms with E-state index in [9.17, 15) is 0 Å². The summed E-state index contributed by atoms with van der Waals surface area (Å²) in [7, 11) is 0. The van der Waals surface area contributed by atoms with Crippen LogP contribution in [0, 0.1) is 0 Å². The van der Waals surface area contributed by atoms with E-state index in [1.165, 1.54) is 0 Å². The third-order valence-corrected chi connectivity index (χ3v) is 9.76. The van der Waals surface area contributed by atoms with Crippen molar-refractivity contribution < 1.29 is 4.42 Å². The van der Waals surface area contributed by atoms with Crippen molar-refractivity contribution in [2.75, 3.05) is 0 Å². The normalized spacial score (nSPS) is 11.3. The molecule has 0 amide bonds. The average Bonchev–Trinajstić information content (AvgIpc) is 3.66. The number of fused-ring (bicyclic) bond motifs is 3. The summed E-state index contributed by atoms with van der Waals surface area (Å²) in [5.74, 6) is 2.49. The van der Waals surface area contributed by atoms with Crippen LogP contribution in [0.2, 0.25) is 0 Å². The van der Waals surface area contributed by atoms with E-state index in [0.29, 0.717) is 23.3 Å². The summed E-state index contributed by atoms with van der Waals surface area (Å²) in [6, 6.07) is 63.4. The highest BCUT2D eigenvalue weighted by Crippen LogP contribution is 2.39. The van der Waals surface area contributed by atoms with Gasteiger partial charge in [-0.05, 0) is 41.5 Å². The topological polar surface area (TPSA) is 77.6 Å². The van der Waals surface area contributed by atoms with Gasteiger partial charge in [0.2, 0.25) is 0 Å². The van der Waals surface area contributed by atoms with Gasteiger partial charge in [0.05, 0.1) is 11.4 Å². The Bertz CT molecular complexity index is 2850. The summed E-state index contributed by atoms with van der Waals surface area (Å²) >= 11 is 0. The molecule has 10 rings (SSSR count). The quantitative estimate of drug-likeness (QED) is 0.164. The van der Waals surface area contributed by atoms with Gasteiger partial charge in [-0.25, -0.2) is 24.9 Å². The molecule has 3 aromatic heterocycles. The maximum Gasteiger partial charge on any atom is 0.164 e. The number of hydrogen-bond donors (Lipinski definition) is 0. The first-order valence-corrected chi connectivity index (χ1v) is 18.2. The minimum atomic E-state index is 0.588. The van der Waals surface area contributed by atoms with Crippen molar-refractivity contribution in [3.8, 4) is 79.2 Å². The van der Waals surface area contributed by atoms with Crippen molar-refractivity contribution in [2.24, 2.45) is 0 Å². The Balaban J connectivity index is 1.07. The van der Waals surface area contributed by atoms with E-state index in [-0.39, 0.29) is 0 Å². The molecule has 55 heavy (non-hydrogen) atoms. The zero-order valence-electron chi connectivity index (χ0n) is 29.5. The van der Waals surface area contributed by atoms with Crippen LogP contribution < -0.4 is 0 Å². The van der Waals surface area contributed by atoms with Gasteiger partial charge in [-0.15, -0.1) is 0 Å². The number of aromatic nitrogens is 5. The molecule has 0 atom stereocenters. The molecule has 0 unspecified atom stereocenters. The lowest BCUT2D eigenvalue weighted by molar-refractivity contribution is 0.669. The number of rotatable bonds is 7. The maximum absolute atomic E-state index is 6.55. The van der Waals surface area contributed by atoms with Crippen LogP contribution in [0.1, 0.15) is 0 Å². The zero-order chi connectivity index (χ0) is 36.6. The predicted octanol–water partition coefficient (Wildman–Crippen LogP) is 12.2. The fourth-order valence-corrected chi connectivity index (χ4v) is 7.05. The lowest BCUT2D eigenvalue weighted by Crippen LogP contribution is -2.00. The van der Waals surface area contributed by atoms with E-state index in [2.05, 4.69) is 78.9 Å². The maximum atomic E-state index is 6.55. The summed E-state index contributed by atoms with van der Waals surface area (Å²) < 4.78 is 6.55. The largest absolute Gasteiger partial charge is 0.456 e. The van der Waals surface area contributed by atoms with Crippen LogP contribution in [0.15, 0.2) is 192 Å². The molecule has 258 valence electrons. The van der Waals surface area contributed by atoms with Crippen LogP contribution in [0.3, 0.4) is 0 Å². The molecule has 0 aliphatic heterocycles. The van der Waals surface area contributed by atoms with E-state index < -0.39 is 0 Å². The second-order valence-electron chi connectivity index (χ2n) is 13.3. The Kier molecular flexibility index (Phi) is 8.04. The van der Waals surface area contributed by atoms with Crippen molar-refractivity contribution in [2.45, 2.75) is 0 Å². The Labute approximate surface area is 317 Å². The van der Waals surface area contributed by atoms with Crippen LogP contribution in [-0.4, -0.2) is 24.9 Å². The van der Waals surface area contributed by atoms with E-state index in [1.807, 2.05) is 109 Å². The van der Waals surface area contributed by atoms with Gasteiger partial charge in [0, 0.05) is 44.2 Å². The minimum Gasteiger partial charge on any atom is -0.456 e. The Morgan fingerprint density at radius 2 is 0.764 bits per heavy atom. The summed E-state index contributed by atoms with van der Waals surface area (Å²) in [4.78, 5) is 25.0. The third kappa shape index (κ3) is 6.22. The van der Waals surface area contributed by atoms with Crippen molar-refractivity contribution in [3.63, 3.8) is 0 Å². The van der Waals surface area contributed by atoms with Crippen LogP contribution >= 0.6 is 0 Å². The first-order chi connectivity index (χ1) is 27.2. The molecule has 0 N–H and O–H groups in total. The number of nitrogens with zero attached hydrogens (tertiary/aromatic N) is 5. The highest BCUT2D eigenvalue weighted by atomic mass is 16.3. The van der Waals surface area contributed by atoms with Gasteiger partial charge in [0.15, 0.2) is 23.3 Å². The van der Waals surface area contributed by atoms with Crippen molar-refractivity contribution in [1.29, 1.82) is 0 Å². The molecule has 0 bridgehead atoms. The van der Waals surface area contributed by atoms with E-state index in [0.717, 1.165) is 77.8 Å². The Morgan fingerprint density at radius 3 is 1.36 bits per heavy atom. The third-order valence-electron chi connectivity index (χ3n) is 9.76. The summed E-state index contributed by atoms with van der Waals surface area (Å²) in [6.07, 6.45) is 0. The Hall–Kier alpha value is -7.57. The summed E-state index contributed by atoms with van der Waals surface area (Å²) in [5, 5.41) is 1.95. The van der Waals surface area contributed by atoms with E-state index in [4.69, 9.17) is 29.3 Å². The molecular weight excluding hydrogens is 675 g/mol. The highest BCUT2D eigenvalue weighted by molar-refractivity contribution is 6.12. The van der Waals surface area contributed by atoms with Crippen molar-refractivity contribution >= 4 is 21.9 Å². The fourth-order valence-electron chi connectivity index (χ4n) is 7.05. The fraction of sp³-hybridized carbons (Fsp3) is 0. The average molecular weight is 706 g/mol. The molecule has 0 spiro atoms. The second-order valence-corrected chi connectivity index (χ2v) is 13.3. The monoisotopic (exact) mass is 705 g/mol. The predicted molar refractivity (Wildman–Crippen MR) is 221 cm³/mol. The number of benzene rings is 7. The first kappa shape index (κ1) is 32.1. The van der Waals surface area contributed by atoms with Gasteiger partial charge in [-0.1, -0.05) is 158 Å². The molecule has 0 saturated heterocycles. The second kappa shape index (κ2) is 13.8. The molecule has 0 aliphatic carbocycles. The molecule has 6 nitrogen and oxygen atoms in total. The molecule has 7 aromatic carbocycles. The van der Waals surface area contributed by atoms with E-state index in [1.54, 1.807) is 0 Å². The highest BCUT2D eigenvalue weighted by Gasteiger charge is 2.19. The van der Waals surface area contributed by atoms with Crippen molar-refractivity contribution in [3.05, 3.63) is 188 Å². The molecular formula is C49H31N5O. The lowest BCUT2D eigenvalue weighted by atomic mass is 9.99. The molecule has 0 aliphatic rings. The molecule has 6 heteroatoms. The van der Waals surface area contributed by atoms with Crippen LogP contribution in [0.25, 0.3) is 101 Å². The Morgan fingerprint density at radius 1 is 0.291 bits per heavy atom.